The smallest absolute Gasteiger partial charge is 0.411 e. The molecule has 1 aliphatic carbocycles. The molecule has 0 saturated heterocycles. The molecule has 1 fully saturated rings. The van der Waals surface area contributed by atoms with Crippen molar-refractivity contribution in [3.8, 4) is 17.6 Å². The lowest BCUT2D eigenvalue weighted by Crippen LogP contribution is -2.43. The van der Waals surface area contributed by atoms with E-state index in [-0.39, 0.29) is 24.7 Å². The molecule has 1 amide bonds. The normalized spacial score (nSPS) is 17.2. The molecule has 3 aromatic rings. The van der Waals surface area contributed by atoms with Gasteiger partial charge in [-0.15, -0.1) is 5.48 Å². The second kappa shape index (κ2) is 13.2. The van der Waals surface area contributed by atoms with Crippen LogP contribution in [0, 0.1) is 17.8 Å². The Bertz CT molecular complexity index is 1640. The van der Waals surface area contributed by atoms with E-state index in [1.54, 1.807) is 43.5 Å². The molecule has 0 radical (unpaired) electrons. The monoisotopic (exact) mass is 640 g/mol. The number of halogens is 3. The molecule has 2 aliphatic rings. The van der Waals surface area contributed by atoms with Gasteiger partial charge in [0.25, 0.3) is 0 Å². The number of carbonyl (C=O) groups is 2. The van der Waals surface area contributed by atoms with Gasteiger partial charge in [0.1, 0.15) is 24.2 Å². The minimum absolute atomic E-state index is 0.201. The molecule has 11 heteroatoms. The van der Waals surface area contributed by atoms with Crippen molar-refractivity contribution in [1.29, 1.82) is 0 Å². The van der Waals surface area contributed by atoms with Crippen LogP contribution in [0.1, 0.15) is 46.8 Å². The first-order valence-corrected chi connectivity index (χ1v) is 14.6. The minimum Gasteiger partial charge on any atom is -0.489 e. The summed E-state index contributed by atoms with van der Waals surface area (Å²) in [6.07, 6.45) is 2.99. The lowest BCUT2D eigenvalue weighted by molar-refractivity contribution is 0.0600. The Balaban J connectivity index is 1.34. The topological polar surface area (TPSA) is 95.1 Å². The summed E-state index contributed by atoms with van der Waals surface area (Å²) in [5.74, 6) is 6.22. The Kier molecular flexibility index (Phi) is 9.38. The van der Waals surface area contributed by atoms with Gasteiger partial charge in [0.15, 0.2) is 0 Å². The molecule has 222 valence electrons. The molecule has 3 aromatic carbocycles. The number of nitrogens with one attached hydrogen (secondary N) is 2. The number of anilines is 1. The van der Waals surface area contributed by atoms with Crippen molar-refractivity contribution in [3.63, 3.8) is 0 Å². The predicted molar refractivity (Wildman–Crippen MR) is 165 cm³/mol. The van der Waals surface area contributed by atoms with Crippen LogP contribution in [0.3, 0.4) is 0 Å². The Morgan fingerprint density at radius 2 is 1.81 bits per heavy atom. The summed E-state index contributed by atoms with van der Waals surface area (Å²) < 4.78 is 15.9. The third kappa shape index (κ3) is 6.71. The Hall–Kier alpha value is -3.87. The first-order valence-electron chi connectivity index (χ1n) is 13.4. The summed E-state index contributed by atoms with van der Waals surface area (Å²) in [5.41, 5.74) is 5.66. The fourth-order valence-corrected chi connectivity index (χ4v) is 5.85. The van der Waals surface area contributed by atoms with Gasteiger partial charge in [0.05, 0.1) is 24.3 Å². The number of hydroxylamine groups is 1. The fourth-order valence-electron chi connectivity index (χ4n) is 4.93. The number of ether oxygens (including phenoxy) is 3. The van der Waals surface area contributed by atoms with Gasteiger partial charge in [-0.3, -0.25) is 5.32 Å². The minimum atomic E-state index is -0.690. The van der Waals surface area contributed by atoms with Crippen molar-refractivity contribution in [1.82, 2.24) is 5.48 Å². The molecule has 0 aromatic heterocycles. The zero-order valence-corrected chi connectivity index (χ0v) is 25.5. The van der Waals surface area contributed by atoms with Gasteiger partial charge in [-0.2, -0.15) is 0 Å². The van der Waals surface area contributed by atoms with Gasteiger partial charge < -0.3 is 19.0 Å². The van der Waals surface area contributed by atoms with Crippen molar-refractivity contribution in [3.05, 3.63) is 104 Å². The molecule has 1 heterocycles. The van der Waals surface area contributed by atoms with E-state index in [1.165, 1.54) is 13.2 Å². The quantitative estimate of drug-likeness (QED) is 0.194. The van der Waals surface area contributed by atoms with E-state index in [0.29, 0.717) is 37.6 Å². The number of hydrogen-bond donors (Lipinski definition) is 2. The van der Waals surface area contributed by atoms with Crippen LogP contribution in [0.25, 0.3) is 0 Å². The number of methoxy groups -OCH3 is 1. The molecule has 2 N–H and O–H groups in total. The Labute approximate surface area is 264 Å². The second-order valence-electron chi connectivity index (χ2n) is 9.86. The highest BCUT2D eigenvalue weighted by atomic mass is 35.5. The molecule has 1 saturated carbocycles. The van der Waals surface area contributed by atoms with Crippen LogP contribution in [0.15, 0.2) is 66.4 Å². The highest BCUT2D eigenvalue weighted by Gasteiger charge is 2.54. The molecular formula is C32H27Cl3N2O6. The number of benzene rings is 3. The van der Waals surface area contributed by atoms with E-state index in [9.17, 15) is 9.59 Å². The summed E-state index contributed by atoms with van der Waals surface area (Å²) in [7, 11) is 1.27. The van der Waals surface area contributed by atoms with Gasteiger partial charge >= 0.3 is 12.1 Å². The van der Waals surface area contributed by atoms with Crippen LogP contribution in [-0.2, 0) is 19.9 Å². The van der Waals surface area contributed by atoms with Gasteiger partial charge in [-0.25, -0.2) is 9.59 Å². The number of esters is 1. The van der Waals surface area contributed by atoms with Crippen molar-refractivity contribution < 1.29 is 28.6 Å². The number of amides is 1. The van der Waals surface area contributed by atoms with Crippen molar-refractivity contribution in [2.45, 2.75) is 25.3 Å². The maximum Gasteiger partial charge on any atom is 0.411 e. The van der Waals surface area contributed by atoms with Crippen LogP contribution >= 0.6 is 34.8 Å². The standard InChI is InChI=1S/C32H27Cl3N2O6/c1-3-41-31(39)36-24-14-19(13-21(15-24)30(38)40-2)7-8-20-9-12-25(16-28(20)35)42-17-23-18-43-37-32(23,22-10-11-22)29-26(33)5-4-6-27(29)34/h4-6,9,12-16,18,22,37H,3,10-11,17H2,1-2H3,(H,36,39). The third-order valence-corrected chi connectivity index (χ3v) is 7.97. The molecule has 5 rings (SSSR count). The molecule has 0 spiro atoms. The average molecular weight is 642 g/mol. The van der Waals surface area contributed by atoms with E-state index >= 15 is 0 Å². The molecule has 1 aliphatic heterocycles. The zero-order chi connectivity index (χ0) is 30.6. The van der Waals surface area contributed by atoms with Crippen LogP contribution < -0.4 is 15.5 Å². The fraction of sp³-hybridized carbons (Fsp3) is 0.250. The van der Waals surface area contributed by atoms with E-state index in [0.717, 1.165) is 24.0 Å². The Morgan fingerprint density at radius 1 is 1.05 bits per heavy atom. The molecule has 1 unspecified atom stereocenters. The summed E-state index contributed by atoms with van der Waals surface area (Å²) >= 11 is 19.8. The largest absolute Gasteiger partial charge is 0.489 e. The van der Waals surface area contributed by atoms with Gasteiger partial charge in [0, 0.05) is 44.1 Å². The van der Waals surface area contributed by atoms with Crippen LogP contribution in [-0.4, -0.2) is 32.4 Å². The molecule has 8 nitrogen and oxygen atoms in total. The summed E-state index contributed by atoms with van der Waals surface area (Å²) in [4.78, 5) is 29.7. The number of hydrogen-bond acceptors (Lipinski definition) is 7. The first kappa shape index (κ1) is 30.6. The maximum absolute atomic E-state index is 12.2. The zero-order valence-electron chi connectivity index (χ0n) is 23.3. The summed E-state index contributed by atoms with van der Waals surface area (Å²) in [6.45, 7) is 2.10. The summed E-state index contributed by atoms with van der Waals surface area (Å²) in [5, 5.41) is 4.05. The maximum atomic E-state index is 12.2. The molecule has 43 heavy (non-hydrogen) atoms. The van der Waals surface area contributed by atoms with Gasteiger partial charge in [-0.05, 0) is 68.1 Å². The SMILES string of the molecule is CCOC(=O)Nc1cc(C#Cc2ccc(OCC3=CONC3(c3c(Cl)cccc3Cl)C3CC3)cc2Cl)cc(C(=O)OC)c1. The lowest BCUT2D eigenvalue weighted by Gasteiger charge is -2.33. The van der Waals surface area contributed by atoms with Crippen LogP contribution in [0.5, 0.6) is 5.75 Å². The molecule has 1 atom stereocenters. The second-order valence-corrected chi connectivity index (χ2v) is 11.1. The van der Waals surface area contributed by atoms with Crippen molar-refractivity contribution in [2.75, 3.05) is 25.6 Å². The highest BCUT2D eigenvalue weighted by Crippen LogP contribution is 2.54. The van der Waals surface area contributed by atoms with Gasteiger partial charge in [0.2, 0.25) is 0 Å². The van der Waals surface area contributed by atoms with Crippen LogP contribution in [0.2, 0.25) is 15.1 Å². The summed E-state index contributed by atoms with van der Waals surface area (Å²) in [6, 6.07) is 15.3. The van der Waals surface area contributed by atoms with E-state index in [2.05, 4.69) is 22.6 Å². The number of carbonyl (C=O) groups excluding carboxylic acids is 2. The Morgan fingerprint density at radius 3 is 2.49 bits per heavy atom. The van der Waals surface area contributed by atoms with Crippen molar-refractivity contribution in [2.24, 2.45) is 5.92 Å². The molecule has 0 bridgehead atoms. The molecular weight excluding hydrogens is 615 g/mol. The van der Waals surface area contributed by atoms with Crippen LogP contribution in [0.4, 0.5) is 10.5 Å². The number of rotatable bonds is 8. The van der Waals surface area contributed by atoms with E-state index in [1.807, 2.05) is 18.2 Å². The average Bonchev–Trinajstić information content (AvgIpc) is 3.76. The lowest BCUT2D eigenvalue weighted by atomic mass is 9.80. The van der Waals surface area contributed by atoms with E-state index < -0.39 is 17.6 Å². The van der Waals surface area contributed by atoms with Crippen molar-refractivity contribution >= 4 is 52.6 Å². The van der Waals surface area contributed by atoms with E-state index in [4.69, 9.17) is 53.9 Å². The third-order valence-electron chi connectivity index (χ3n) is 7.03. The highest BCUT2D eigenvalue weighted by molar-refractivity contribution is 6.36. The first-order chi connectivity index (χ1) is 20.7. The van der Waals surface area contributed by atoms with Gasteiger partial charge in [-0.1, -0.05) is 52.7 Å². The predicted octanol–water partition coefficient (Wildman–Crippen LogP) is 7.50.